The highest BCUT2D eigenvalue weighted by Crippen LogP contribution is 2.46. The fourth-order valence-electron chi connectivity index (χ4n) is 6.22. The van der Waals surface area contributed by atoms with Gasteiger partial charge in [0.2, 0.25) is 0 Å². The van der Waals surface area contributed by atoms with Crippen molar-refractivity contribution in [1.82, 2.24) is 4.90 Å². The molecule has 1 aromatic heterocycles. The van der Waals surface area contributed by atoms with Gasteiger partial charge in [0.1, 0.15) is 5.76 Å². The van der Waals surface area contributed by atoms with Crippen LogP contribution in [0.25, 0.3) is 0 Å². The van der Waals surface area contributed by atoms with Crippen molar-refractivity contribution in [1.29, 1.82) is 0 Å². The molecule has 5 rings (SSSR count). The van der Waals surface area contributed by atoms with E-state index < -0.39 is 0 Å². The van der Waals surface area contributed by atoms with Crippen molar-refractivity contribution in [3.05, 3.63) is 47.9 Å². The Bertz CT molecular complexity index is 913. The summed E-state index contributed by atoms with van der Waals surface area (Å²) in [7, 11) is 0. The first kappa shape index (κ1) is 23.7. The van der Waals surface area contributed by atoms with Crippen LogP contribution < -0.4 is 9.80 Å². The fourth-order valence-corrected chi connectivity index (χ4v) is 6.22. The highest BCUT2D eigenvalue weighted by atomic mass is 16.5. The summed E-state index contributed by atoms with van der Waals surface area (Å²) in [5.41, 5.74) is 4.92. The van der Waals surface area contributed by atoms with Gasteiger partial charge in [0.15, 0.2) is 0 Å². The van der Waals surface area contributed by atoms with E-state index in [0.29, 0.717) is 11.3 Å². The molecule has 34 heavy (non-hydrogen) atoms. The molecule has 2 aromatic rings. The normalized spacial score (nSPS) is 26.7. The molecule has 3 heterocycles. The van der Waals surface area contributed by atoms with Crippen molar-refractivity contribution >= 4 is 11.4 Å². The van der Waals surface area contributed by atoms with Gasteiger partial charge in [-0.25, -0.2) is 0 Å². The summed E-state index contributed by atoms with van der Waals surface area (Å²) in [4.78, 5) is 7.70. The van der Waals surface area contributed by atoms with Crippen molar-refractivity contribution in [3.8, 4) is 0 Å². The maximum atomic E-state index is 6.01. The predicted molar refractivity (Wildman–Crippen MR) is 140 cm³/mol. The van der Waals surface area contributed by atoms with E-state index in [1.807, 2.05) is 6.07 Å². The zero-order chi connectivity index (χ0) is 23.7. The summed E-state index contributed by atoms with van der Waals surface area (Å²) in [5, 5.41) is 0. The Kier molecular flexibility index (Phi) is 6.95. The molecule has 0 N–H and O–H groups in total. The maximum Gasteiger partial charge on any atom is 0.117 e. The minimum atomic E-state index is 0.282. The third-order valence-corrected chi connectivity index (χ3v) is 8.25. The van der Waals surface area contributed by atoms with Crippen molar-refractivity contribution in [2.24, 2.45) is 5.41 Å². The van der Waals surface area contributed by atoms with E-state index in [1.165, 1.54) is 37.1 Å². The number of anilines is 2. The Morgan fingerprint density at radius 1 is 0.912 bits per heavy atom. The van der Waals surface area contributed by atoms with Crippen molar-refractivity contribution in [3.63, 3.8) is 0 Å². The number of nitrogens with zero attached hydrogens (tertiary/aromatic N) is 3. The van der Waals surface area contributed by atoms with E-state index in [1.54, 1.807) is 11.8 Å². The molecule has 186 valence electrons. The average molecular weight is 466 g/mol. The molecule has 0 unspecified atom stereocenters. The van der Waals surface area contributed by atoms with E-state index in [2.05, 4.69) is 66.7 Å². The van der Waals surface area contributed by atoms with Crippen LogP contribution in [0.2, 0.25) is 0 Å². The molecule has 2 saturated heterocycles. The van der Waals surface area contributed by atoms with Crippen molar-refractivity contribution in [2.75, 3.05) is 49.1 Å². The summed E-state index contributed by atoms with van der Waals surface area (Å²) in [6, 6.07) is 11.4. The minimum Gasteiger partial charge on any atom is -0.468 e. The largest absolute Gasteiger partial charge is 0.468 e. The number of hydrogen-bond acceptors (Lipinski definition) is 5. The van der Waals surface area contributed by atoms with Gasteiger partial charge >= 0.3 is 0 Å². The van der Waals surface area contributed by atoms with Gasteiger partial charge in [-0.05, 0) is 86.8 Å². The monoisotopic (exact) mass is 465 g/mol. The zero-order valence-corrected chi connectivity index (χ0v) is 21.6. The molecule has 5 heteroatoms. The standard InChI is InChI=1S/C29H43N3O2/c1-22-19-32(20-23(2)34-22)25-7-8-28(27(18-25)24-9-11-29(3,4)12-10-24)31-15-13-30(14-16-31)21-26-6-5-17-33-26/h5-8,17-18,22-24H,9-16,19-21H2,1-4H3/t22-,23+. The van der Waals surface area contributed by atoms with Crippen molar-refractivity contribution in [2.45, 2.75) is 78.0 Å². The molecule has 0 spiro atoms. The van der Waals surface area contributed by atoms with Crippen molar-refractivity contribution < 1.29 is 9.15 Å². The second-order valence-corrected chi connectivity index (χ2v) is 11.7. The molecule has 3 fully saturated rings. The van der Waals surface area contributed by atoms with Crippen LogP contribution in [-0.2, 0) is 11.3 Å². The average Bonchev–Trinajstić information content (AvgIpc) is 3.32. The second-order valence-electron chi connectivity index (χ2n) is 11.7. The fraction of sp³-hybridized carbons (Fsp3) is 0.655. The lowest BCUT2D eigenvalue weighted by Gasteiger charge is -2.41. The SMILES string of the molecule is C[C@@H]1CN(c2ccc(N3CCN(Cc4ccco4)CC3)c(C3CCC(C)(C)CC3)c2)C[C@H](C)O1. The Labute approximate surface area is 206 Å². The molecule has 0 radical (unpaired) electrons. The van der Waals surface area contributed by atoms with E-state index in [-0.39, 0.29) is 12.2 Å². The lowest BCUT2D eigenvalue weighted by atomic mass is 9.71. The Balaban J connectivity index is 1.35. The number of piperazine rings is 1. The highest BCUT2D eigenvalue weighted by Gasteiger charge is 2.31. The lowest BCUT2D eigenvalue weighted by Crippen LogP contribution is -2.46. The quantitative estimate of drug-likeness (QED) is 0.549. The van der Waals surface area contributed by atoms with Gasteiger partial charge < -0.3 is 19.0 Å². The zero-order valence-electron chi connectivity index (χ0n) is 21.6. The van der Waals surface area contributed by atoms with Crippen LogP contribution in [0.3, 0.4) is 0 Å². The molecule has 0 amide bonds. The Hall–Kier alpha value is -1.98. The van der Waals surface area contributed by atoms with Gasteiger partial charge in [0.05, 0.1) is 25.0 Å². The summed E-state index contributed by atoms with van der Waals surface area (Å²) in [6.07, 6.45) is 7.60. The number of morpholine rings is 1. The summed E-state index contributed by atoms with van der Waals surface area (Å²) in [5.74, 6) is 1.73. The second kappa shape index (κ2) is 9.94. The summed E-state index contributed by atoms with van der Waals surface area (Å²) in [6.45, 7) is 16.5. The summed E-state index contributed by atoms with van der Waals surface area (Å²) >= 11 is 0. The number of furan rings is 1. The van der Waals surface area contributed by atoms with Crippen LogP contribution in [0.4, 0.5) is 11.4 Å². The summed E-state index contributed by atoms with van der Waals surface area (Å²) < 4.78 is 11.6. The molecular weight excluding hydrogens is 422 g/mol. The van der Waals surface area contributed by atoms with Crippen LogP contribution in [0.1, 0.15) is 70.6 Å². The third-order valence-electron chi connectivity index (χ3n) is 8.25. The maximum absolute atomic E-state index is 6.01. The number of ether oxygens (including phenoxy) is 1. The van der Waals surface area contributed by atoms with Gasteiger partial charge in [-0.2, -0.15) is 0 Å². The van der Waals surface area contributed by atoms with Crippen LogP contribution in [-0.4, -0.2) is 56.4 Å². The molecule has 3 aliphatic rings. The Morgan fingerprint density at radius 2 is 1.62 bits per heavy atom. The number of benzene rings is 1. The molecule has 2 aliphatic heterocycles. The number of rotatable bonds is 5. The van der Waals surface area contributed by atoms with Gasteiger partial charge in [-0.3, -0.25) is 4.90 Å². The smallest absolute Gasteiger partial charge is 0.117 e. The van der Waals surface area contributed by atoms with Crippen LogP contribution >= 0.6 is 0 Å². The first-order valence-corrected chi connectivity index (χ1v) is 13.4. The van der Waals surface area contributed by atoms with E-state index in [0.717, 1.165) is 51.6 Å². The lowest BCUT2D eigenvalue weighted by molar-refractivity contribution is -0.00522. The number of hydrogen-bond donors (Lipinski definition) is 0. The van der Waals surface area contributed by atoms with Crippen LogP contribution in [0, 0.1) is 5.41 Å². The molecule has 1 aromatic carbocycles. The minimum absolute atomic E-state index is 0.282. The van der Waals surface area contributed by atoms with Gasteiger partial charge in [-0.1, -0.05) is 13.8 Å². The van der Waals surface area contributed by atoms with Gasteiger partial charge in [0.25, 0.3) is 0 Å². The van der Waals surface area contributed by atoms with Crippen LogP contribution in [0.15, 0.2) is 41.0 Å². The topological polar surface area (TPSA) is 32.1 Å². The molecule has 0 bridgehead atoms. The van der Waals surface area contributed by atoms with E-state index in [4.69, 9.17) is 9.15 Å². The molecule has 1 aliphatic carbocycles. The van der Waals surface area contributed by atoms with E-state index >= 15 is 0 Å². The molecule has 1 saturated carbocycles. The molecular formula is C29H43N3O2. The molecule has 2 atom stereocenters. The van der Waals surface area contributed by atoms with Gasteiger partial charge in [-0.15, -0.1) is 0 Å². The van der Waals surface area contributed by atoms with Crippen LogP contribution in [0.5, 0.6) is 0 Å². The first-order valence-electron chi connectivity index (χ1n) is 13.4. The third kappa shape index (κ3) is 5.46. The highest BCUT2D eigenvalue weighted by molar-refractivity contribution is 5.64. The van der Waals surface area contributed by atoms with E-state index in [9.17, 15) is 0 Å². The molecule has 5 nitrogen and oxygen atoms in total. The Morgan fingerprint density at radius 3 is 2.26 bits per heavy atom. The predicted octanol–water partition coefficient (Wildman–Crippen LogP) is 5.90. The first-order chi connectivity index (χ1) is 16.4. The van der Waals surface area contributed by atoms with Gasteiger partial charge in [0, 0.05) is 50.6 Å².